The van der Waals surface area contributed by atoms with Crippen molar-refractivity contribution in [2.24, 2.45) is 5.92 Å². The molecule has 5 aliphatic rings. The lowest BCUT2D eigenvalue weighted by atomic mass is 9.71. The summed E-state index contributed by atoms with van der Waals surface area (Å²) in [6, 6.07) is 0. The molecule has 198 valence electrons. The van der Waals surface area contributed by atoms with Crippen molar-refractivity contribution in [2.75, 3.05) is 6.54 Å². The summed E-state index contributed by atoms with van der Waals surface area (Å²) in [5, 5.41) is 4.44. The van der Waals surface area contributed by atoms with Crippen molar-refractivity contribution >= 4 is 63.1 Å². The maximum atomic E-state index is 13.6. The lowest BCUT2D eigenvalue weighted by Crippen LogP contribution is -2.49. The van der Waals surface area contributed by atoms with E-state index in [2.05, 4.69) is 15.3 Å². The van der Waals surface area contributed by atoms with Gasteiger partial charge in [-0.3, -0.25) is 28.8 Å². The van der Waals surface area contributed by atoms with Gasteiger partial charge in [0.15, 0.2) is 0 Å². The molecule has 1 fully saturated rings. The summed E-state index contributed by atoms with van der Waals surface area (Å²) in [4.78, 5) is 84.5. The lowest BCUT2D eigenvalue weighted by Gasteiger charge is -2.27. The quantitative estimate of drug-likeness (QED) is 0.331. The van der Waals surface area contributed by atoms with Crippen LogP contribution < -0.4 is 26.5 Å². The second kappa shape index (κ2) is 8.97. The van der Waals surface area contributed by atoms with Gasteiger partial charge < -0.3 is 15.3 Å². The molecule has 2 aromatic heterocycles. The number of ketones is 6. The van der Waals surface area contributed by atoms with Crippen LogP contribution >= 0.6 is 0 Å². The number of aryl methyl sites for hydroxylation is 1. The van der Waals surface area contributed by atoms with Crippen molar-refractivity contribution < 1.29 is 28.8 Å². The number of aromatic amines is 2. The number of nitrogens with one attached hydrogen (secondary N) is 3. The van der Waals surface area contributed by atoms with Crippen molar-refractivity contribution in [1.29, 1.82) is 0 Å². The Labute approximate surface area is 222 Å². The minimum Gasteiger partial charge on any atom is -0.383 e. The van der Waals surface area contributed by atoms with Gasteiger partial charge in [0.2, 0.25) is 34.7 Å². The lowest BCUT2D eigenvalue weighted by molar-refractivity contribution is -0.131. The Morgan fingerprint density at radius 3 is 2.00 bits per heavy atom. The number of H-pyrrole nitrogens is 2. The minimum absolute atomic E-state index is 0.172. The molecule has 3 N–H and O–H groups in total. The SMILES string of the molecule is CC.CC.CC1=C2NCC3C2=C(C(=O)C1=O)c1c[nH]c2c1=C3C(=O)C(=O)C=2C1=c2[nH]cc(C)c2=CC(=O)C1=O. The predicted molar refractivity (Wildman–Crippen MR) is 143 cm³/mol. The number of allylic oxidation sites excluding steroid dienone is 3. The van der Waals surface area contributed by atoms with Gasteiger partial charge in [-0.25, -0.2) is 0 Å². The van der Waals surface area contributed by atoms with Crippen LogP contribution in [-0.2, 0) is 28.8 Å². The van der Waals surface area contributed by atoms with Crippen LogP contribution in [0.1, 0.15) is 45.7 Å². The van der Waals surface area contributed by atoms with Gasteiger partial charge >= 0.3 is 0 Å². The molecule has 1 atom stereocenters. The molecule has 4 aliphatic carbocycles. The highest BCUT2D eigenvalue weighted by atomic mass is 16.2. The number of aromatic nitrogens is 2. The fourth-order valence-corrected chi connectivity index (χ4v) is 5.97. The number of Topliss-reactive ketones (excluding diaryl/α,β-unsaturated/α-hetero) is 6. The summed E-state index contributed by atoms with van der Waals surface area (Å²) < 4.78 is 0. The van der Waals surface area contributed by atoms with E-state index in [0.717, 1.165) is 0 Å². The number of hydrogen-bond donors (Lipinski definition) is 3. The minimum atomic E-state index is -0.898. The number of hydrogen-bond acceptors (Lipinski definition) is 7. The zero-order chi connectivity index (χ0) is 28.5. The van der Waals surface area contributed by atoms with Gasteiger partial charge in [0.25, 0.3) is 0 Å². The third-order valence-corrected chi connectivity index (χ3v) is 7.57. The molecule has 0 bridgehead atoms. The van der Waals surface area contributed by atoms with Crippen molar-refractivity contribution in [3.8, 4) is 0 Å². The second-order valence-electron chi connectivity index (χ2n) is 9.25. The molecule has 1 unspecified atom stereocenters. The summed E-state index contributed by atoms with van der Waals surface area (Å²) >= 11 is 0. The van der Waals surface area contributed by atoms with E-state index in [1.165, 1.54) is 12.3 Å². The van der Waals surface area contributed by atoms with E-state index in [1.54, 1.807) is 20.0 Å². The standard InChI is InChI=1S/C26H15N3O6.2C2H6/c1-7-4-27-20-9(7)3-12(30)23(32)17(20)18-21-14-11(6-29-21)15-13-10(16(14)25(34)26(18)35)5-28-19(13)8(2)22(31)24(15)33;2*1-2/h3-4,6,10,27-29H,5H2,1-2H3;2*1-2H3. The smallest absolute Gasteiger partial charge is 0.236 e. The Morgan fingerprint density at radius 1 is 0.692 bits per heavy atom. The van der Waals surface area contributed by atoms with Crippen LogP contribution in [0.3, 0.4) is 0 Å². The van der Waals surface area contributed by atoms with Crippen LogP contribution in [0, 0.1) is 12.8 Å². The Balaban J connectivity index is 0.000000738. The van der Waals surface area contributed by atoms with Crippen LogP contribution in [-0.4, -0.2) is 51.2 Å². The summed E-state index contributed by atoms with van der Waals surface area (Å²) in [6.45, 7) is 11.6. The first-order chi connectivity index (χ1) is 18.7. The first kappa shape index (κ1) is 26.0. The summed E-state index contributed by atoms with van der Waals surface area (Å²) in [6.07, 6.45) is 4.32. The van der Waals surface area contributed by atoms with E-state index < -0.39 is 40.6 Å². The fraction of sp³-hybridized carbons (Fsp3) is 0.267. The van der Waals surface area contributed by atoms with Gasteiger partial charge in [0.1, 0.15) is 0 Å². The molecule has 0 radical (unpaired) electrons. The molecule has 7 rings (SSSR count). The Bertz CT molecular complexity index is 1920. The predicted octanol–water partition coefficient (Wildman–Crippen LogP) is -0.648. The molecule has 0 aromatic carbocycles. The molecule has 0 amide bonds. The van der Waals surface area contributed by atoms with Gasteiger partial charge in [-0.1, -0.05) is 27.7 Å². The number of fused-ring (bicyclic) bond motifs is 3. The third kappa shape index (κ3) is 3.13. The van der Waals surface area contributed by atoms with Gasteiger partial charge in [0.05, 0.1) is 21.8 Å². The normalized spacial score (nSPS) is 20.6. The van der Waals surface area contributed by atoms with Crippen molar-refractivity contribution in [3.05, 3.63) is 61.5 Å². The molecule has 2 aromatic rings. The van der Waals surface area contributed by atoms with E-state index >= 15 is 0 Å². The van der Waals surface area contributed by atoms with Crippen LogP contribution in [0.25, 0.3) is 28.4 Å². The molecule has 1 saturated heterocycles. The van der Waals surface area contributed by atoms with Gasteiger partial charge in [-0.15, -0.1) is 0 Å². The van der Waals surface area contributed by atoms with Gasteiger partial charge in [-0.05, 0) is 31.1 Å². The van der Waals surface area contributed by atoms with E-state index in [-0.39, 0.29) is 45.1 Å². The molecule has 9 nitrogen and oxygen atoms in total. The molecule has 9 heteroatoms. The monoisotopic (exact) mass is 525 g/mol. The highest BCUT2D eigenvalue weighted by molar-refractivity contribution is 6.75. The highest BCUT2D eigenvalue weighted by Gasteiger charge is 2.49. The average molecular weight is 526 g/mol. The number of rotatable bonds is 1. The molecule has 0 spiro atoms. The van der Waals surface area contributed by atoms with E-state index in [1.807, 2.05) is 27.7 Å². The van der Waals surface area contributed by atoms with E-state index in [9.17, 15) is 28.8 Å². The van der Waals surface area contributed by atoms with Crippen molar-refractivity contribution in [2.45, 2.75) is 41.5 Å². The molecule has 39 heavy (non-hydrogen) atoms. The van der Waals surface area contributed by atoms with Gasteiger partial charge in [0, 0.05) is 63.3 Å². The largest absolute Gasteiger partial charge is 0.383 e. The third-order valence-electron chi connectivity index (χ3n) is 7.57. The van der Waals surface area contributed by atoms with Crippen molar-refractivity contribution in [1.82, 2.24) is 15.3 Å². The molecular formula is C30H27N3O6. The summed E-state index contributed by atoms with van der Waals surface area (Å²) in [5.41, 5.74) is 2.47. The average Bonchev–Trinajstić information content (AvgIpc) is 3.67. The van der Waals surface area contributed by atoms with Gasteiger partial charge in [-0.2, -0.15) is 0 Å². The number of carbonyl (C=O) groups excluding carboxylic acids is 6. The molecule has 1 aliphatic heterocycles. The van der Waals surface area contributed by atoms with E-state index in [4.69, 9.17) is 0 Å². The fourth-order valence-electron chi connectivity index (χ4n) is 5.97. The van der Waals surface area contributed by atoms with Crippen molar-refractivity contribution in [3.63, 3.8) is 0 Å². The zero-order valence-corrected chi connectivity index (χ0v) is 22.5. The molecule has 3 heterocycles. The van der Waals surface area contributed by atoms with Crippen LogP contribution in [0.4, 0.5) is 0 Å². The summed E-state index contributed by atoms with van der Waals surface area (Å²) in [5.74, 6) is -5.26. The first-order valence-corrected chi connectivity index (χ1v) is 13.0. The summed E-state index contributed by atoms with van der Waals surface area (Å²) in [7, 11) is 0. The first-order valence-electron chi connectivity index (χ1n) is 13.0. The number of carbonyl (C=O) groups is 6. The Hall–Kier alpha value is -4.66. The molecular weight excluding hydrogens is 498 g/mol. The van der Waals surface area contributed by atoms with E-state index in [0.29, 0.717) is 32.8 Å². The van der Waals surface area contributed by atoms with Crippen LogP contribution in [0.5, 0.6) is 0 Å². The maximum absolute atomic E-state index is 13.6. The Morgan fingerprint density at radius 2 is 1.31 bits per heavy atom. The highest BCUT2D eigenvalue weighted by Crippen LogP contribution is 2.44. The van der Waals surface area contributed by atoms with Crippen LogP contribution in [0.2, 0.25) is 0 Å². The zero-order valence-electron chi connectivity index (χ0n) is 22.5. The Kier molecular flexibility index (Phi) is 5.97. The van der Waals surface area contributed by atoms with Crippen LogP contribution in [0.15, 0.2) is 29.2 Å². The second-order valence-corrected chi connectivity index (χ2v) is 9.25. The molecule has 0 saturated carbocycles. The maximum Gasteiger partial charge on any atom is 0.236 e. The topological polar surface area (TPSA) is 146 Å².